The number of carbonyl (C=O) groups excluding carboxylic acids is 2. The maximum absolute atomic E-state index is 12.7. The summed E-state index contributed by atoms with van der Waals surface area (Å²) in [6.45, 7) is 6.67. The average Bonchev–Trinajstić information content (AvgIpc) is 2.79. The zero-order valence-corrected chi connectivity index (χ0v) is 17.7. The second-order valence-electron chi connectivity index (χ2n) is 8.38. The number of carbonyl (C=O) groups is 2. The van der Waals surface area contributed by atoms with Gasteiger partial charge in [0.1, 0.15) is 0 Å². The Morgan fingerprint density at radius 2 is 1.73 bits per heavy atom. The van der Waals surface area contributed by atoms with Crippen LogP contribution < -0.4 is 5.32 Å². The van der Waals surface area contributed by atoms with E-state index >= 15 is 0 Å². The van der Waals surface area contributed by atoms with Gasteiger partial charge in [0.25, 0.3) is 0 Å². The highest BCUT2D eigenvalue weighted by Gasteiger charge is 2.30. The first-order valence-corrected chi connectivity index (χ1v) is 11.0. The van der Waals surface area contributed by atoms with Crippen molar-refractivity contribution in [3.63, 3.8) is 0 Å². The smallest absolute Gasteiger partial charge is 0.234 e. The number of likely N-dealkylation sites (tertiary alicyclic amines) is 1. The van der Waals surface area contributed by atoms with E-state index < -0.39 is 0 Å². The molecule has 30 heavy (non-hydrogen) atoms. The standard InChI is InChI=1S/C24H31N3O3/c1-18(21-7-6-19-4-2-3-5-22(19)16-21)25-23(28)17-26-10-8-20(9-11-26)24(29)27-12-14-30-15-13-27/h2-7,16,18,20H,8-15,17H2,1H3,(H,25,28). The largest absolute Gasteiger partial charge is 0.378 e. The summed E-state index contributed by atoms with van der Waals surface area (Å²) >= 11 is 0. The zero-order chi connectivity index (χ0) is 20.9. The van der Waals surface area contributed by atoms with Crippen LogP contribution in [-0.4, -0.2) is 67.6 Å². The predicted molar refractivity (Wildman–Crippen MR) is 117 cm³/mol. The van der Waals surface area contributed by atoms with Crippen molar-refractivity contribution in [2.45, 2.75) is 25.8 Å². The minimum absolute atomic E-state index is 0.0358. The van der Waals surface area contributed by atoms with Gasteiger partial charge < -0.3 is 15.0 Å². The van der Waals surface area contributed by atoms with E-state index in [9.17, 15) is 9.59 Å². The van der Waals surface area contributed by atoms with Crippen molar-refractivity contribution in [2.24, 2.45) is 5.92 Å². The quantitative estimate of drug-likeness (QED) is 0.825. The van der Waals surface area contributed by atoms with Gasteiger partial charge in [-0.25, -0.2) is 0 Å². The van der Waals surface area contributed by atoms with Gasteiger partial charge in [0.15, 0.2) is 0 Å². The fourth-order valence-corrected chi connectivity index (χ4v) is 4.43. The van der Waals surface area contributed by atoms with E-state index in [4.69, 9.17) is 4.74 Å². The van der Waals surface area contributed by atoms with Crippen molar-refractivity contribution in [2.75, 3.05) is 45.9 Å². The molecule has 160 valence electrons. The maximum Gasteiger partial charge on any atom is 0.234 e. The number of morpholine rings is 1. The number of ether oxygens (including phenoxy) is 1. The SMILES string of the molecule is CC(NC(=O)CN1CCC(C(=O)N2CCOCC2)CC1)c1ccc2ccccc2c1. The van der Waals surface area contributed by atoms with Crippen LogP contribution in [0.1, 0.15) is 31.4 Å². The van der Waals surface area contributed by atoms with E-state index in [0.717, 1.165) is 31.5 Å². The van der Waals surface area contributed by atoms with Gasteiger partial charge >= 0.3 is 0 Å². The Bertz CT molecular complexity index is 886. The van der Waals surface area contributed by atoms with Gasteiger partial charge in [-0.2, -0.15) is 0 Å². The molecule has 2 aliphatic heterocycles. The minimum Gasteiger partial charge on any atom is -0.378 e. The topological polar surface area (TPSA) is 61.9 Å². The van der Waals surface area contributed by atoms with Crippen LogP contribution in [0, 0.1) is 5.92 Å². The van der Waals surface area contributed by atoms with Crippen LogP contribution in [0.4, 0.5) is 0 Å². The van der Waals surface area contributed by atoms with E-state index in [0.29, 0.717) is 32.8 Å². The number of amides is 2. The fraction of sp³-hybridized carbons (Fsp3) is 0.500. The summed E-state index contributed by atoms with van der Waals surface area (Å²) in [6.07, 6.45) is 1.65. The molecule has 0 bridgehead atoms. The number of nitrogens with one attached hydrogen (secondary N) is 1. The van der Waals surface area contributed by atoms with E-state index in [-0.39, 0.29) is 23.8 Å². The van der Waals surface area contributed by atoms with Crippen molar-refractivity contribution >= 4 is 22.6 Å². The molecule has 0 aliphatic carbocycles. The van der Waals surface area contributed by atoms with E-state index in [1.807, 2.05) is 24.0 Å². The third-order valence-corrected chi connectivity index (χ3v) is 6.28. The van der Waals surface area contributed by atoms with Gasteiger partial charge in [-0.05, 0) is 55.3 Å². The van der Waals surface area contributed by atoms with Gasteiger partial charge in [0.05, 0.1) is 25.8 Å². The molecule has 0 radical (unpaired) electrons. The summed E-state index contributed by atoms with van der Waals surface area (Å²) < 4.78 is 5.34. The van der Waals surface area contributed by atoms with Crippen molar-refractivity contribution in [3.05, 3.63) is 48.0 Å². The first-order chi connectivity index (χ1) is 14.6. The number of hydrogen-bond acceptors (Lipinski definition) is 4. The number of piperidine rings is 1. The number of fused-ring (bicyclic) bond motifs is 1. The molecule has 2 saturated heterocycles. The highest BCUT2D eigenvalue weighted by Crippen LogP contribution is 2.22. The second-order valence-corrected chi connectivity index (χ2v) is 8.38. The Hall–Kier alpha value is -2.44. The molecule has 1 unspecified atom stereocenters. The normalized spacial score (nSPS) is 19.6. The number of hydrogen-bond donors (Lipinski definition) is 1. The van der Waals surface area contributed by atoms with Gasteiger partial charge in [-0.1, -0.05) is 36.4 Å². The molecule has 4 rings (SSSR count). The summed E-state index contributed by atoms with van der Waals surface area (Å²) in [5, 5.41) is 5.51. The molecule has 2 fully saturated rings. The molecular formula is C24H31N3O3. The zero-order valence-electron chi connectivity index (χ0n) is 17.7. The Labute approximate surface area is 178 Å². The number of nitrogens with zero attached hydrogens (tertiary/aromatic N) is 2. The lowest BCUT2D eigenvalue weighted by molar-refractivity contribution is -0.141. The van der Waals surface area contributed by atoms with Crippen molar-refractivity contribution in [1.29, 1.82) is 0 Å². The van der Waals surface area contributed by atoms with Gasteiger partial charge in [0.2, 0.25) is 11.8 Å². The molecule has 1 atom stereocenters. The molecule has 2 aliphatic rings. The maximum atomic E-state index is 12.7. The monoisotopic (exact) mass is 409 g/mol. The Morgan fingerprint density at radius 1 is 1.03 bits per heavy atom. The molecule has 6 heteroatoms. The molecule has 2 amide bonds. The molecular weight excluding hydrogens is 378 g/mol. The number of rotatable bonds is 5. The summed E-state index contributed by atoms with van der Waals surface area (Å²) in [4.78, 5) is 29.3. The van der Waals surface area contributed by atoms with E-state index in [2.05, 4.69) is 40.5 Å². The van der Waals surface area contributed by atoms with Crippen molar-refractivity contribution < 1.29 is 14.3 Å². The Morgan fingerprint density at radius 3 is 2.47 bits per heavy atom. The highest BCUT2D eigenvalue weighted by molar-refractivity contribution is 5.83. The molecule has 6 nitrogen and oxygen atoms in total. The van der Waals surface area contributed by atoms with Crippen LogP contribution in [0.5, 0.6) is 0 Å². The third-order valence-electron chi connectivity index (χ3n) is 6.28. The van der Waals surface area contributed by atoms with Crippen molar-refractivity contribution in [3.8, 4) is 0 Å². The lowest BCUT2D eigenvalue weighted by Crippen LogP contribution is -2.48. The number of benzene rings is 2. The lowest BCUT2D eigenvalue weighted by atomic mass is 9.95. The summed E-state index contributed by atoms with van der Waals surface area (Å²) in [6, 6.07) is 14.5. The molecule has 0 spiro atoms. The molecule has 2 heterocycles. The first kappa shape index (κ1) is 20.8. The minimum atomic E-state index is -0.0393. The first-order valence-electron chi connectivity index (χ1n) is 11.0. The fourth-order valence-electron chi connectivity index (χ4n) is 4.43. The molecule has 0 aromatic heterocycles. The third kappa shape index (κ3) is 4.99. The summed E-state index contributed by atoms with van der Waals surface area (Å²) in [7, 11) is 0. The highest BCUT2D eigenvalue weighted by atomic mass is 16.5. The van der Waals surface area contributed by atoms with Gasteiger partial charge in [-0.15, -0.1) is 0 Å². The van der Waals surface area contributed by atoms with Crippen LogP contribution in [0.3, 0.4) is 0 Å². The van der Waals surface area contributed by atoms with Crippen LogP contribution in [0.15, 0.2) is 42.5 Å². The van der Waals surface area contributed by atoms with Crippen LogP contribution in [0.25, 0.3) is 10.8 Å². The Balaban J connectivity index is 1.24. The van der Waals surface area contributed by atoms with Gasteiger partial charge in [0, 0.05) is 19.0 Å². The van der Waals surface area contributed by atoms with Gasteiger partial charge in [-0.3, -0.25) is 14.5 Å². The van der Waals surface area contributed by atoms with Crippen molar-refractivity contribution in [1.82, 2.24) is 15.1 Å². The summed E-state index contributed by atoms with van der Waals surface area (Å²) in [5.41, 5.74) is 1.11. The summed E-state index contributed by atoms with van der Waals surface area (Å²) in [5.74, 6) is 0.375. The Kier molecular flexibility index (Phi) is 6.65. The van der Waals surface area contributed by atoms with E-state index in [1.54, 1.807) is 0 Å². The molecule has 2 aromatic rings. The lowest BCUT2D eigenvalue weighted by Gasteiger charge is -2.35. The van der Waals surface area contributed by atoms with Crippen LogP contribution >= 0.6 is 0 Å². The van der Waals surface area contributed by atoms with E-state index in [1.165, 1.54) is 10.8 Å². The molecule has 0 saturated carbocycles. The second kappa shape index (κ2) is 9.58. The van der Waals surface area contributed by atoms with Crippen LogP contribution in [-0.2, 0) is 14.3 Å². The average molecular weight is 410 g/mol. The molecule has 1 N–H and O–H groups in total. The molecule has 2 aromatic carbocycles. The predicted octanol–water partition coefficient (Wildman–Crippen LogP) is 2.59. The van der Waals surface area contributed by atoms with Crippen LogP contribution in [0.2, 0.25) is 0 Å².